The van der Waals surface area contributed by atoms with Crippen LogP contribution in [0, 0.1) is 6.92 Å². The summed E-state index contributed by atoms with van der Waals surface area (Å²) >= 11 is 0. The molecule has 0 unspecified atom stereocenters. The van der Waals surface area contributed by atoms with Gasteiger partial charge in [0.1, 0.15) is 12.6 Å². The number of carbonyl (C=O) groups is 4. The number of urea groups is 1. The predicted molar refractivity (Wildman–Crippen MR) is 89.8 cm³/mol. The van der Waals surface area contributed by atoms with E-state index in [1.807, 2.05) is 31.2 Å². The average Bonchev–Trinajstić information content (AvgIpc) is 2.91. The van der Waals surface area contributed by atoms with Crippen molar-refractivity contribution in [1.29, 1.82) is 0 Å². The SMILES string of the molecule is Cc1ccccc1N1CCN(C(=O)CC[C@@H]2NC(=O)NC2=O)CC1=O. The lowest BCUT2D eigenvalue weighted by atomic mass is 10.1. The van der Waals surface area contributed by atoms with Gasteiger partial charge in [0.25, 0.3) is 5.91 Å². The number of hydrogen-bond acceptors (Lipinski definition) is 4. The van der Waals surface area contributed by atoms with Crippen LogP contribution in [0.4, 0.5) is 10.5 Å². The topological polar surface area (TPSA) is 98.8 Å². The quantitative estimate of drug-likeness (QED) is 0.760. The van der Waals surface area contributed by atoms with Gasteiger partial charge in [0.05, 0.1) is 0 Å². The van der Waals surface area contributed by atoms with Crippen LogP contribution in [0.5, 0.6) is 0 Å². The molecule has 8 heteroatoms. The Balaban J connectivity index is 1.55. The predicted octanol–water partition coefficient (Wildman–Crippen LogP) is 0.158. The third-order valence-electron chi connectivity index (χ3n) is 4.49. The lowest BCUT2D eigenvalue weighted by molar-refractivity contribution is -0.137. The molecular weight excluding hydrogens is 324 g/mol. The van der Waals surface area contributed by atoms with E-state index in [4.69, 9.17) is 0 Å². The molecule has 5 amide bonds. The van der Waals surface area contributed by atoms with E-state index in [1.165, 1.54) is 4.90 Å². The van der Waals surface area contributed by atoms with Crippen LogP contribution in [0.3, 0.4) is 0 Å². The molecule has 1 aromatic rings. The first-order valence-electron chi connectivity index (χ1n) is 8.21. The molecule has 2 saturated heterocycles. The summed E-state index contributed by atoms with van der Waals surface area (Å²) < 4.78 is 0. The van der Waals surface area contributed by atoms with Crippen molar-refractivity contribution in [2.45, 2.75) is 25.8 Å². The van der Waals surface area contributed by atoms with Crippen LogP contribution in [0.2, 0.25) is 0 Å². The molecule has 132 valence electrons. The van der Waals surface area contributed by atoms with Crippen LogP contribution in [0.25, 0.3) is 0 Å². The maximum Gasteiger partial charge on any atom is 0.322 e. The Morgan fingerprint density at radius 2 is 1.96 bits per heavy atom. The van der Waals surface area contributed by atoms with Crippen molar-refractivity contribution in [1.82, 2.24) is 15.5 Å². The summed E-state index contributed by atoms with van der Waals surface area (Å²) in [7, 11) is 0. The number of aryl methyl sites for hydroxylation is 1. The summed E-state index contributed by atoms with van der Waals surface area (Å²) in [6.45, 7) is 2.86. The maximum absolute atomic E-state index is 12.4. The molecule has 25 heavy (non-hydrogen) atoms. The van der Waals surface area contributed by atoms with Crippen molar-refractivity contribution in [3.8, 4) is 0 Å². The minimum atomic E-state index is -0.680. The van der Waals surface area contributed by atoms with Gasteiger partial charge >= 0.3 is 6.03 Å². The summed E-state index contributed by atoms with van der Waals surface area (Å²) in [5, 5.41) is 4.59. The number of anilines is 1. The molecule has 0 aliphatic carbocycles. The molecule has 3 rings (SSSR count). The number of rotatable bonds is 4. The smallest absolute Gasteiger partial charge is 0.322 e. The normalized spacial score (nSPS) is 20.5. The van der Waals surface area contributed by atoms with Gasteiger partial charge in [-0.1, -0.05) is 18.2 Å². The maximum atomic E-state index is 12.4. The fourth-order valence-electron chi connectivity index (χ4n) is 3.10. The van der Waals surface area contributed by atoms with Crippen LogP contribution < -0.4 is 15.5 Å². The molecule has 2 aliphatic heterocycles. The highest BCUT2D eigenvalue weighted by Gasteiger charge is 2.32. The van der Waals surface area contributed by atoms with Gasteiger partial charge in [0.15, 0.2) is 0 Å². The van der Waals surface area contributed by atoms with E-state index < -0.39 is 18.0 Å². The Bertz CT molecular complexity index is 733. The van der Waals surface area contributed by atoms with Gasteiger partial charge in [-0.15, -0.1) is 0 Å². The van der Waals surface area contributed by atoms with Crippen LogP contribution in [-0.2, 0) is 14.4 Å². The first-order valence-corrected chi connectivity index (χ1v) is 8.21. The van der Waals surface area contributed by atoms with E-state index >= 15 is 0 Å². The Hall–Kier alpha value is -2.90. The third kappa shape index (κ3) is 3.62. The van der Waals surface area contributed by atoms with Gasteiger partial charge in [0.2, 0.25) is 11.8 Å². The highest BCUT2D eigenvalue weighted by Crippen LogP contribution is 2.22. The van der Waals surface area contributed by atoms with Gasteiger partial charge in [-0.05, 0) is 25.0 Å². The summed E-state index contributed by atoms with van der Waals surface area (Å²) in [6, 6.07) is 6.42. The van der Waals surface area contributed by atoms with E-state index in [0.29, 0.717) is 13.1 Å². The fourth-order valence-corrected chi connectivity index (χ4v) is 3.10. The van der Waals surface area contributed by atoms with Crippen LogP contribution in [0.15, 0.2) is 24.3 Å². The first-order chi connectivity index (χ1) is 12.0. The van der Waals surface area contributed by atoms with Crippen molar-refractivity contribution < 1.29 is 19.2 Å². The van der Waals surface area contributed by atoms with Crippen molar-refractivity contribution in [3.63, 3.8) is 0 Å². The first kappa shape index (κ1) is 16.9. The van der Waals surface area contributed by atoms with E-state index in [9.17, 15) is 19.2 Å². The second-order valence-electron chi connectivity index (χ2n) is 6.20. The molecule has 2 N–H and O–H groups in total. The number of imide groups is 1. The molecule has 1 aromatic carbocycles. The minimum absolute atomic E-state index is 0.0242. The number of nitrogens with zero attached hydrogens (tertiary/aromatic N) is 2. The second-order valence-corrected chi connectivity index (χ2v) is 6.20. The molecule has 8 nitrogen and oxygen atoms in total. The van der Waals surface area contributed by atoms with Crippen molar-refractivity contribution in [2.75, 3.05) is 24.5 Å². The van der Waals surface area contributed by atoms with Gasteiger partial charge < -0.3 is 15.1 Å². The third-order valence-corrected chi connectivity index (χ3v) is 4.49. The molecule has 1 atom stereocenters. The summed E-state index contributed by atoms with van der Waals surface area (Å²) in [5.74, 6) is -0.731. The number of para-hydroxylation sites is 1. The number of carbonyl (C=O) groups excluding carboxylic acids is 4. The fraction of sp³-hybridized carbons (Fsp3) is 0.412. The van der Waals surface area contributed by atoms with Crippen molar-refractivity contribution >= 4 is 29.4 Å². The molecule has 2 aliphatic rings. The zero-order valence-corrected chi connectivity index (χ0v) is 13.9. The number of hydrogen-bond donors (Lipinski definition) is 2. The average molecular weight is 344 g/mol. The molecule has 0 aromatic heterocycles. The summed E-state index contributed by atoms with van der Waals surface area (Å²) in [5.41, 5.74) is 1.88. The molecule has 2 fully saturated rings. The van der Waals surface area contributed by atoms with Crippen LogP contribution in [-0.4, -0.2) is 54.3 Å². The summed E-state index contributed by atoms with van der Waals surface area (Å²) in [4.78, 5) is 50.5. The Kier molecular flexibility index (Phi) is 4.69. The second kappa shape index (κ2) is 6.92. The van der Waals surface area contributed by atoms with Gasteiger partial charge in [-0.3, -0.25) is 19.7 Å². The zero-order chi connectivity index (χ0) is 18.0. The molecule has 2 heterocycles. The van der Waals surface area contributed by atoms with E-state index in [0.717, 1.165) is 11.3 Å². The Morgan fingerprint density at radius 1 is 1.20 bits per heavy atom. The lowest BCUT2D eigenvalue weighted by Crippen LogP contribution is -2.52. The van der Waals surface area contributed by atoms with Crippen LogP contribution in [0.1, 0.15) is 18.4 Å². The van der Waals surface area contributed by atoms with Crippen molar-refractivity contribution in [3.05, 3.63) is 29.8 Å². The highest BCUT2D eigenvalue weighted by molar-refractivity contribution is 6.04. The molecule has 0 saturated carbocycles. The van der Waals surface area contributed by atoms with E-state index in [1.54, 1.807) is 4.90 Å². The number of nitrogens with one attached hydrogen (secondary N) is 2. The van der Waals surface area contributed by atoms with E-state index in [-0.39, 0.29) is 31.2 Å². The lowest BCUT2D eigenvalue weighted by Gasteiger charge is -2.35. The summed E-state index contributed by atoms with van der Waals surface area (Å²) in [6.07, 6.45) is 0.332. The largest absolute Gasteiger partial charge is 0.332 e. The molecule has 0 radical (unpaired) electrons. The number of piperazine rings is 1. The zero-order valence-electron chi connectivity index (χ0n) is 13.9. The molecular formula is C17H20N4O4. The van der Waals surface area contributed by atoms with Crippen LogP contribution >= 0.6 is 0 Å². The highest BCUT2D eigenvalue weighted by atomic mass is 16.2. The standard InChI is InChI=1S/C17H20N4O4/c1-11-4-2-3-5-13(11)21-9-8-20(10-15(21)23)14(22)7-6-12-16(24)19-17(25)18-12/h2-5,12H,6-10H2,1H3,(H2,18,19,24,25)/t12-/m0/s1. The monoisotopic (exact) mass is 344 g/mol. The van der Waals surface area contributed by atoms with E-state index in [2.05, 4.69) is 10.6 Å². The van der Waals surface area contributed by atoms with Crippen molar-refractivity contribution in [2.24, 2.45) is 0 Å². The molecule has 0 spiro atoms. The van der Waals surface area contributed by atoms with Gasteiger partial charge in [-0.2, -0.15) is 0 Å². The number of benzene rings is 1. The van der Waals surface area contributed by atoms with Gasteiger partial charge in [-0.25, -0.2) is 4.79 Å². The Morgan fingerprint density at radius 3 is 2.60 bits per heavy atom. The van der Waals surface area contributed by atoms with Gasteiger partial charge in [0, 0.05) is 25.2 Å². The molecule has 0 bridgehead atoms. The Labute approximate surface area is 145 Å². The number of amides is 5. The minimum Gasteiger partial charge on any atom is -0.332 e.